The lowest BCUT2D eigenvalue weighted by Gasteiger charge is -2.21. The summed E-state index contributed by atoms with van der Waals surface area (Å²) in [4.78, 5) is 25.0. The highest BCUT2D eigenvalue weighted by Crippen LogP contribution is 2.32. The Morgan fingerprint density at radius 2 is 1.18 bits per heavy atom. The molecule has 0 amide bonds. The molecule has 2 aliphatic rings. The maximum Gasteiger partial charge on any atom is 0.309 e. The molecule has 0 N–H and O–H groups in total. The summed E-state index contributed by atoms with van der Waals surface area (Å²) < 4.78 is 23.1. The Labute approximate surface area is 169 Å². The molecule has 162 valence electrons. The van der Waals surface area contributed by atoms with Gasteiger partial charge in [-0.3, -0.25) is 9.59 Å². The van der Waals surface area contributed by atoms with E-state index in [-0.39, 0.29) is 36.0 Å². The van der Waals surface area contributed by atoms with E-state index in [0.29, 0.717) is 13.2 Å². The van der Waals surface area contributed by atoms with Crippen LogP contribution in [0.2, 0.25) is 0 Å². The van der Waals surface area contributed by atoms with Crippen LogP contribution in [0.1, 0.15) is 79.1 Å². The van der Waals surface area contributed by atoms with Gasteiger partial charge in [0.15, 0.2) is 12.2 Å². The lowest BCUT2D eigenvalue weighted by molar-refractivity contribution is -0.160. The van der Waals surface area contributed by atoms with E-state index in [2.05, 4.69) is 13.8 Å². The Kier molecular flexibility index (Phi) is 9.72. The molecule has 2 saturated heterocycles. The summed E-state index contributed by atoms with van der Waals surface area (Å²) in [6, 6.07) is 0. The van der Waals surface area contributed by atoms with Gasteiger partial charge >= 0.3 is 11.9 Å². The van der Waals surface area contributed by atoms with Crippen molar-refractivity contribution in [2.75, 3.05) is 13.2 Å². The summed E-state index contributed by atoms with van der Waals surface area (Å²) in [6.45, 7) is 8.86. The maximum atomic E-state index is 12.5. The maximum absolute atomic E-state index is 12.5. The Morgan fingerprint density at radius 3 is 1.50 bits per heavy atom. The topological polar surface area (TPSA) is 71.1 Å². The zero-order valence-corrected chi connectivity index (χ0v) is 18.0. The predicted octanol–water partition coefficient (Wildman–Crippen LogP) is 4.04. The van der Waals surface area contributed by atoms with Crippen molar-refractivity contribution in [1.29, 1.82) is 0 Å². The van der Waals surface area contributed by atoms with Gasteiger partial charge in [0.2, 0.25) is 0 Å². The first-order chi connectivity index (χ1) is 13.5. The Bertz CT molecular complexity index is 449. The van der Waals surface area contributed by atoms with Crippen LogP contribution >= 0.6 is 0 Å². The number of esters is 2. The second-order valence-electron chi connectivity index (χ2n) is 8.04. The van der Waals surface area contributed by atoms with Crippen molar-refractivity contribution in [2.24, 2.45) is 11.8 Å². The number of carbonyl (C=O) groups is 2. The molecule has 0 spiro atoms. The van der Waals surface area contributed by atoms with Gasteiger partial charge in [-0.25, -0.2) is 0 Å². The third kappa shape index (κ3) is 5.93. The van der Waals surface area contributed by atoms with E-state index in [0.717, 1.165) is 51.4 Å². The molecule has 6 heteroatoms. The van der Waals surface area contributed by atoms with Crippen LogP contribution in [0.5, 0.6) is 0 Å². The molecule has 0 radical (unpaired) electrons. The Hall–Kier alpha value is -1.14. The van der Waals surface area contributed by atoms with Crippen molar-refractivity contribution in [1.82, 2.24) is 0 Å². The van der Waals surface area contributed by atoms with E-state index in [4.69, 9.17) is 18.9 Å². The van der Waals surface area contributed by atoms with Crippen molar-refractivity contribution in [3.05, 3.63) is 0 Å². The number of ether oxygens (including phenoxy) is 4. The first kappa shape index (κ1) is 23.1. The van der Waals surface area contributed by atoms with Crippen molar-refractivity contribution in [3.8, 4) is 0 Å². The number of unbranched alkanes of at least 4 members (excludes halogenated alkanes) is 2. The number of rotatable bonds is 12. The van der Waals surface area contributed by atoms with Gasteiger partial charge in [0.25, 0.3) is 0 Å². The summed E-state index contributed by atoms with van der Waals surface area (Å²) in [5.41, 5.74) is 0. The third-order valence-corrected chi connectivity index (χ3v) is 5.96. The zero-order chi connectivity index (χ0) is 20.5. The molecule has 6 nitrogen and oxygen atoms in total. The van der Waals surface area contributed by atoms with Gasteiger partial charge in [-0.2, -0.15) is 0 Å². The second-order valence-corrected chi connectivity index (χ2v) is 8.04. The summed E-state index contributed by atoms with van der Waals surface area (Å²) in [5.74, 6) is -0.476. The number of hydrogen-bond donors (Lipinski definition) is 0. The minimum Gasteiger partial charge on any atom is -0.457 e. The standard InChI is InChI=1S/C22H38O6/c1-5-9-11-15(7-3)21(23)27-17-13-25-20-18(14-26-19(17)20)28-22(24)16(8-4)12-10-6-2/h15-20H,5-14H2,1-4H3/t15?,16?,17-,18+,19-,20-/m1/s1. The van der Waals surface area contributed by atoms with E-state index in [1.54, 1.807) is 0 Å². The van der Waals surface area contributed by atoms with Gasteiger partial charge in [-0.15, -0.1) is 0 Å². The van der Waals surface area contributed by atoms with Gasteiger partial charge in [-0.05, 0) is 25.7 Å². The molecule has 0 aliphatic carbocycles. The fraction of sp³-hybridized carbons (Fsp3) is 0.909. The van der Waals surface area contributed by atoms with Crippen LogP contribution in [-0.2, 0) is 28.5 Å². The Balaban J connectivity index is 1.86. The molecule has 0 aromatic carbocycles. The molecule has 2 aliphatic heterocycles. The normalized spacial score (nSPS) is 28.6. The molecule has 6 atom stereocenters. The zero-order valence-electron chi connectivity index (χ0n) is 18.0. The molecule has 2 fully saturated rings. The molecular weight excluding hydrogens is 360 g/mol. The van der Waals surface area contributed by atoms with E-state index >= 15 is 0 Å². The van der Waals surface area contributed by atoms with Gasteiger partial charge in [-0.1, -0.05) is 53.4 Å². The molecule has 0 bridgehead atoms. The highest BCUT2D eigenvalue weighted by Gasteiger charge is 2.51. The fourth-order valence-electron chi connectivity index (χ4n) is 4.00. The summed E-state index contributed by atoms with van der Waals surface area (Å²) in [5, 5.41) is 0. The van der Waals surface area contributed by atoms with Gasteiger partial charge in [0.1, 0.15) is 12.2 Å². The van der Waals surface area contributed by atoms with E-state index in [9.17, 15) is 9.59 Å². The van der Waals surface area contributed by atoms with Crippen LogP contribution in [0, 0.1) is 11.8 Å². The van der Waals surface area contributed by atoms with E-state index < -0.39 is 12.2 Å². The first-order valence-electron chi connectivity index (χ1n) is 11.2. The highest BCUT2D eigenvalue weighted by molar-refractivity contribution is 5.73. The fourth-order valence-corrected chi connectivity index (χ4v) is 4.00. The smallest absolute Gasteiger partial charge is 0.309 e. The molecule has 28 heavy (non-hydrogen) atoms. The molecule has 2 unspecified atom stereocenters. The van der Waals surface area contributed by atoms with Crippen molar-refractivity contribution in [3.63, 3.8) is 0 Å². The average Bonchev–Trinajstić information content (AvgIpc) is 3.26. The van der Waals surface area contributed by atoms with Crippen LogP contribution in [-0.4, -0.2) is 49.6 Å². The van der Waals surface area contributed by atoms with E-state index in [1.165, 1.54) is 0 Å². The highest BCUT2D eigenvalue weighted by atomic mass is 16.7. The van der Waals surface area contributed by atoms with Crippen LogP contribution in [0.25, 0.3) is 0 Å². The van der Waals surface area contributed by atoms with Crippen molar-refractivity contribution < 1.29 is 28.5 Å². The Morgan fingerprint density at radius 1 is 0.786 bits per heavy atom. The molecule has 0 aromatic rings. The van der Waals surface area contributed by atoms with Crippen LogP contribution in [0.15, 0.2) is 0 Å². The third-order valence-electron chi connectivity index (χ3n) is 5.96. The number of carbonyl (C=O) groups excluding carboxylic acids is 2. The first-order valence-corrected chi connectivity index (χ1v) is 11.2. The molecule has 2 heterocycles. The monoisotopic (exact) mass is 398 g/mol. The SMILES string of the molecule is CCCCC(CC)C(=O)O[C@H]1CO[C@H]2[C@@H]1OC[C@H]2OC(=O)C(CC)CCCC. The number of hydrogen-bond acceptors (Lipinski definition) is 6. The quantitative estimate of drug-likeness (QED) is 0.462. The summed E-state index contributed by atoms with van der Waals surface area (Å²) in [7, 11) is 0. The molecular formula is C22H38O6. The van der Waals surface area contributed by atoms with Crippen molar-refractivity contribution >= 4 is 11.9 Å². The predicted molar refractivity (Wildman–Crippen MR) is 106 cm³/mol. The largest absolute Gasteiger partial charge is 0.457 e. The van der Waals surface area contributed by atoms with Crippen LogP contribution < -0.4 is 0 Å². The van der Waals surface area contributed by atoms with E-state index in [1.807, 2.05) is 13.8 Å². The summed E-state index contributed by atoms with van der Waals surface area (Å²) >= 11 is 0. The minimum atomic E-state index is -0.418. The lowest BCUT2D eigenvalue weighted by atomic mass is 9.99. The minimum absolute atomic E-state index is 0.0714. The van der Waals surface area contributed by atoms with Crippen molar-refractivity contribution in [2.45, 2.75) is 103 Å². The van der Waals surface area contributed by atoms with Gasteiger partial charge < -0.3 is 18.9 Å². The molecule has 0 aromatic heterocycles. The van der Waals surface area contributed by atoms with Crippen LogP contribution in [0.4, 0.5) is 0 Å². The lowest BCUT2D eigenvalue weighted by Crippen LogP contribution is -2.37. The number of fused-ring (bicyclic) bond motifs is 1. The van der Waals surface area contributed by atoms with Crippen LogP contribution in [0.3, 0.4) is 0 Å². The molecule has 2 rings (SSSR count). The summed E-state index contributed by atoms with van der Waals surface area (Å²) in [6.07, 6.45) is 5.89. The van der Waals surface area contributed by atoms with Gasteiger partial charge in [0.05, 0.1) is 25.0 Å². The second kappa shape index (κ2) is 11.8. The van der Waals surface area contributed by atoms with Gasteiger partial charge in [0, 0.05) is 0 Å². The molecule has 0 saturated carbocycles. The average molecular weight is 399 g/mol.